The van der Waals surface area contributed by atoms with Crippen molar-refractivity contribution in [1.29, 1.82) is 0 Å². The summed E-state index contributed by atoms with van der Waals surface area (Å²) in [5, 5.41) is 0. The van der Waals surface area contributed by atoms with Gasteiger partial charge < -0.3 is 9.64 Å². The van der Waals surface area contributed by atoms with Crippen LogP contribution in [0.2, 0.25) is 0 Å². The van der Waals surface area contributed by atoms with Gasteiger partial charge in [-0.2, -0.15) is 0 Å². The molecule has 8 heteroatoms. The number of hydrogen-bond acceptors (Lipinski definition) is 4. The second-order valence-corrected chi connectivity index (χ2v) is 7.06. The first-order chi connectivity index (χ1) is 12.0. The lowest BCUT2D eigenvalue weighted by atomic mass is 10.2. The zero-order valence-corrected chi connectivity index (χ0v) is 15.6. The van der Waals surface area contributed by atoms with Crippen molar-refractivity contribution in [2.24, 2.45) is 0 Å². The number of quaternary nitrogens is 1. The van der Waals surface area contributed by atoms with E-state index in [1.54, 1.807) is 30.0 Å². The van der Waals surface area contributed by atoms with Gasteiger partial charge in [0.15, 0.2) is 6.04 Å². The maximum absolute atomic E-state index is 12.8. The molecule has 0 aromatic heterocycles. The van der Waals surface area contributed by atoms with Crippen LogP contribution in [-0.4, -0.2) is 61.6 Å². The Hall–Kier alpha value is -1.93. The minimum absolute atomic E-state index is 0.164. The fourth-order valence-corrected chi connectivity index (χ4v) is 3.76. The number of carbonyl (C=O) groups excluding carboxylic acids is 3. The van der Waals surface area contributed by atoms with E-state index in [1.807, 2.05) is 6.07 Å². The van der Waals surface area contributed by atoms with Crippen molar-refractivity contribution in [3.8, 4) is 0 Å². The van der Waals surface area contributed by atoms with Crippen molar-refractivity contribution in [2.75, 3.05) is 37.7 Å². The molecule has 0 radical (unpaired) electrons. The third kappa shape index (κ3) is 3.69. The highest BCUT2D eigenvalue weighted by Crippen LogP contribution is 2.25. The predicted molar refractivity (Wildman–Crippen MR) is 94.3 cm³/mol. The summed E-state index contributed by atoms with van der Waals surface area (Å²) >= 11 is 3.37. The topological polar surface area (TPSA) is 71.4 Å². The summed E-state index contributed by atoms with van der Waals surface area (Å²) in [4.78, 5) is 41.0. The van der Waals surface area contributed by atoms with E-state index in [9.17, 15) is 14.4 Å². The Morgan fingerprint density at radius 3 is 2.68 bits per heavy atom. The fourth-order valence-electron chi connectivity index (χ4n) is 3.38. The zero-order chi connectivity index (χ0) is 18.0. The van der Waals surface area contributed by atoms with Gasteiger partial charge in [-0.25, -0.2) is 9.69 Å². The molecule has 0 aliphatic carbocycles. The average molecular weight is 411 g/mol. The van der Waals surface area contributed by atoms with E-state index in [0.29, 0.717) is 38.5 Å². The van der Waals surface area contributed by atoms with E-state index < -0.39 is 0 Å². The first kappa shape index (κ1) is 17.9. The second kappa shape index (κ2) is 7.53. The molecule has 7 nitrogen and oxygen atoms in total. The third-order valence-electron chi connectivity index (χ3n) is 4.64. The molecular weight excluding hydrogens is 390 g/mol. The Bertz CT molecular complexity index is 688. The lowest BCUT2D eigenvalue weighted by molar-refractivity contribution is -0.918. The summed E-state index contributed by atoms with van der Waals surface area (Å²) in [6, 6.07) is 6.81. The number of anilines is 1. The van der Waals surface area contributed by atoms with Gasteiger partial charge in [0.05, 0.1) is 44.9 Å². The molecule has 2 aliphatic heterocycles. The van der Waals surface area contributed by atoms with E-state index in [1.165, 1.54) is 4.90 Å². The minimum atomic E-state index is -0.379. The van der Waals surface area contributed by atoms with Gasteiger partial charge in [-0.05, 0) is 25.1 Å². The van der Waals surface area contributed by atoms with Gasteiger partial charge in [0.1, 0.15) is 0 Å². The summed E-state index contributed by atoms with van der Waals surface area (Å²) < 4.78 is 5.83. The maximum atomic E-state index is 12.8. The number of benzene rings is 1. The molecule has 3 rings (SSSR count). The number of amides is 3. The molecule has 0 spiro atoms. The molecule has 1 aromatic rings. The Morgan fingerprint density at radius 2 is 2.04 bits per heavy atom. The highest BCUT2D eigenvalue weighted by molar-refractivity contribution is 9.10. The van der Waals surface area contributed by atoms with Crippen LogP contribution in [0, 0.1) is 0 Å². The molecule has 2 aliphatic rings. The molecule has 0 bridgehead atoms. The van der Waals surface area contributed by atoms with Crippen LogP contribution in [0.1, 0.15) is 13.3 Å². The smallest absolute Gasteiger partial charge is 0.410 e. The lowest BCUT2D eigenvalue weighted by Crippen LogP contribution is -3.19. The van der Waals surface area contributed by atoms with E-state index in [-0.39, 0.29) is 30.4 Å². The van der Waals surface area contributed by atoms with E-state index in [4.69, 9.17) is 4.74 Å². The summed E-state index contributed by atoms with van der Waals surface area (Å²) in [5.41, 5.74) is 0.594. The van der Waals surface area contributed by atoms with E-state index in [2.05, 4.69) is 15.9 Å². The second-order valence-electron chi connectivity index (χ2n) is 6.15. The molecule has 2 fully saturated rings. The Morgan fingerprint density at radius 1 is 1.32 bits per heavy atom. The van der Waals surface area contributed by atoms with Crippen molar-refractivity contribution in [1.82, 2.24) is 4.90 Å². The van der Waals surface area contributed by atoms with Crippen molar-refractivity contribution >= 4 is 39.5 Å². The van der Waals surface area contributed by atoms with Crippen LogP contribution in [-0.2, 0) is 14.3 Å². The van der Waals surface area contributed by atoms with Crippen molar-refractivity contribution < 1.29 is 24.0 Å². The van der Waals surface area contributed by atoms with Crippen LogP contribution in [0.3, 0.4) is 0 Å². The molecular formula is C17H21BrN3O4+. The maximum Gasteiger partial charge on any atom is 0.410 e. The Balaban J connectivity index is 1.66. The molecule has 1 N–H and O–H groups in total. The fraction of sp³-hybridized carbons (Fsp3) is 0.471. The van der Waals surface area contributed by atoms with Crippen LogP contribution in [0.15, 0.2) is 28.7 Å². The molecule has 3 amide bonds. The average Bonchev–Trinajstić information content (AvgIpc) is 2.90. The number of hydrogen-bond donors (Lipinski definition) is 1. The van der Waals surface area contributed by atoms with Gasteiger partial charge in [0.2, 0.25) is 5.91 Å². The van der Waals surface area contributed by atoms with Gasteiger partial charge in [0, 0.05) is 4.47 Å². The number of piperazine rings is 1. The number of nitrogens with zero attached hydrogens (tertiary/aromatic N) is 2. The number of nitrogens with one attached hydrogen (secondary N) is 1. The predicted octanol–water partition coefficient (Wildman–Crippen LogP) is 0.438. The van der Waals surface area contributed by atoms with Crippen molar-refractivity contribution in [3.05, 3.63) is 28.7 Å². The molecule has 1 atom stereocenters. The van der Waals surface area contributed by atoms with E-state index >= 15 is 0 Å². The Labute approximate surface area is 154 Å². The van der Waals surface area contributed by atoms with Crippen molar-refractivity contribution in [2.45, 2.75) is 19.4 Å². The summed E-state index contributed by atoms with van der Waals surface area (Å²) in [5.74, 6) is -0.337. The largest absolute Gasteiger partial charge is 0.450 e. The highest BCUT2D eigenvalue weighted by atomic mass is 79.9. The van der Waals surface area contributed by atoms with Gasteiger partial charge in [-0.3, -0.25) is 14.5 Å². The monoisotopic (exact) mass is 410 g/mol. The SMILES string of the molecule is CCOC(=O)N1CC[NH+]([C@H]2CC(=O)N(c3cccc(Br)c3)C2=O)CC1. The molecule has 2 saturated heterocycles. The number of ether oxygens (including phenoxy) is 1. The first-order valence-electron chi connectivity index (χ1n) is 8.40. The van der Waals surface area contributed by atoms with Gasteiger partial charge >= 0.3 is 6.09 Å². The Kier molecular flexibility index (Phi) is 5.39. The quantitative estimate of drug-likeness (QED) is 0.733. The normalized spacial score (nSPS) is 21.8. The molecule has 25 heavy (non-hydrogen) atoms. The van der Waals surface area contributed by atoms with Crippen LogP contribution < -0.4 is 9.80 Å². The molecule has 134 valence electrons. The zero-order valence-electron chi connectivity index (χ0n) is 14.0. The number of imide groups is 1. The minimum Gasteiger partial charge on any atom is -0.450 e. The highest BCUT2D eigenvalue weighted by Gasteiger charge is 2.46. The number of halogens is 1. The van der Waals surface area contributed by atoms with Gasteiger partial charge in [0.25, 0.3) is 5.91 Å². The van der Waals surface area contributed by atoms with Crippen LogP contribution >= 0.6 is 15.9 Å². The third-order valence-corrected chi connectivity index (χ3v) is 5.13. The number of rotatable bonds is 3. The molecule has 0 saturated carbocycles. The van der Waals surface area contributed by atoms with Gasteiger partial charge in [-0.15, -0.1) is 0 Å². The van der Waals surface area contributed by atoms with Crippen LogP contribution in [0.4, 0.5) is 10.5 Å². The summed E-state index contributed by atoms with van der Waals surface area (Å²) in [6.07, 6.45) is -0.105. The lowest BCUT2D eigenvalue weighted by Gasteiger charge is -2.33. The summed E-state index contributed by atoms with van der Waals surface area (Å²) in [7, 11) is 0. The molecule has 1 aromatic carbocycles. The first-order valence-corrected chi connectivity index (χ1v) is 9.19. The number of carbonyl (C=O) groups is 3. The standard InChI is InChI=1S/C17H20BrN3O4/c1-2-25-17(24)20-8-6-19(7-9-20)14-11-15(22)21(16(14)23)13-5-3-4-12(18)10-13/h3-5,10,14H,2,6-9,11H2,1H3/p+1/t14-/m0/s1. The van der Waals surface area contributed by atoms with Gasteiger partial charge in [-0.1, -0.05) is 22.0 Å². The van der Waals surface area contributed by atoms with E-state index in [0.717, 1.165) is 9.37 Å². The van der Waals surface area contributed by atoms with Crippen LogP contribution in [0.5, 0.6) is 0 Å². The van der Waals surface area contributed by atoms with Crippen LogP contribution in [0.25, 0.3) is 0 Å². The molecule has 2 heterocycles. The van der Waals surface area contributed by atoms with Crippen molar-refractivity contribution in [3.63, 3.8) is 0 Å². The molecule has 0 unspecified atom stereocenters. The summed E-state index contributed by atoms with van der Waals surface area (Å²) in [6.45, 7) is 4.46.